The third-order valence-electron chi connectivity index (χ3n) is 2.63. The van der Waals surface area contributed by atoms with Crippen LogP contribution in [0.1, 0.15) is 26.2 Å². The first kappa shape index (κ1) is 6.82. The molecule has 2 rings (SSSR count). The van der Waals surface area contributed by atoms with Crippen molar-refractivity contribution in [1.82, 2.24) is 4.67 Å². The Bertz CT molecular complexity index is 176. The standard InChI is InChI=1S/C8H14NP/c1-6-4-7-2-3-8(5-6)9(7)10/h4,7-8H,2-3,5,10H2,1H3. The summed E-state index contributed by atoms with van der Waals surface area (Å²) in [6, 6.07) is 1.57. The van der Waals surface area contributed by atoms with Gasteiger partial charge in [-0.25, -0.2) is 0 Å². The van der Waals surface area contributed by atoms with Crippen molar-refractivity contribution in [3.8, 4) is 0 Å². The number of nitrogens with zero attached hydrogens (tertiary/aromatic N) is 1. The van der Waals surface area contributed by atoms with Crippen molar-refractivity contribution in [2.24, 2.45) is 0 Å². The summed E-state index contributed by atoms with van der Waals surface area (Å²) in [6.07, 6.45) is 6.46. The highest BCUT2D eigenvalue weighted by Gasteiger charge is 2.32. The lowest BCUT2D eigenvalue weighted by Gasteiger charge is -2.28. The van der Waals surface area contributed by atoms with Crippen LogP contribution in [0, 0.1) is 0 Å². The molecule has 3 atom stereocenters. The maximum absolute atomic E-state index is 2.85. The predicted octanol–water partition coefficient (Wildman–Crippen LogP) is 1.96. The molecule has 0 aromatic rings. The topological polar surface area (TPSA) is 3.24 Å². The fraction of sp³-hybridized carbons (Fsp3) is 0.750. The van der Waals surface area contributed by atoms with Gasteiger partial charge in [0.25, 0.3) is 0 Å². The Morgan fingerprint density at radius 3 is 3.10 bits per heavy atom. The molecule has 0 N–H and O–H groups in total. The van der Waals surface area contributed by atoms with Gasteiger partial charge in [-0.05, 0) is 26.2 Å². The first-order valence-electron chi connectivity index (χ1n) is 3.97. The van der Waals surface area contributed by atoms with Crippen molar-refractivity contribution in [2.45, 2.75) is 38.3 Å². The molecule has 1 fully saturated rings. The summed E-state index contributed by atoms with van der Waals surface area (Å²) in [5.41, 5.74) is 1.59. The van der Waals surface area contributed by atoms with E-state index in [9.17, 15) is 0 Å². The molecule has 10 heavy (non-hydrogen) atoms. The highest BCUT2D eigenvalue weighted by atomic mass is 31.0. The third kappa shape index (κ3) is 0.926. The van der Waals surface area contributed by atoms with E-state index in [1.165, 1.54) is 19.3 Å². The van der Waals surface area contributed by atoms with Gasteiger partial charge in [-0.3, -0.25) is 4.67 Å². The number of hydrogen-bond donors (Lipinski definition) is 0. The van der Waals surface area contributed by atoms with E-state index in [-0.39, 0.29) is 0 Å². The fourth-order valence-electron chi connectivity index (χ4n) is 2.08. The van der Waals surface area contributed by atoms with E-state index in [2.05, 4.69) is 27.1 Å². The molecule has 2 aliphatic rings. The summed E-state index contributed by atoms with van der Waals surface area (Å²) in [5.74, 6) is 0. The molecule has 3 unspecified atom stereocenters. The molecular weight excluding hydrogens is 141 g/mol. The maximum Gasteiger partial charge on any atom is 0.0316 e. The molecule has 1 saturated heterocycles. The van der Waals surface area contributed by atoms with Crippen molar-refractivity contribution in [2.75, 3.05) is 0 Å². The molecule has 0 spiro atoms. The summed E-state index contributed by atoms with van der Waals surface area (Å²) in [7, 11) is 2.85. The van der Waals surface area contributed by atoms with Gasteiger partial charge in [0.1, 0.15) is 0 Å². The van der Waals surface area contributed by atoms with Crippen LogP contribution in [0.2, 0.25) is 0 Å². The Balaban J connectivity index is 2.24. The minimum atomic E-state index is 0.740. The highest BCUT2D eigenvalue weighted by molar-refractivity contribution is 7.13. The van der Waals surface area contributed by atoms with Gasteiger partial charge in [-0.2, -0.15) is 0 Å². The molecule has 0 aromatic carbocycles. The molecule has 0 radical (unpaired) electrons. The van der Waals surface area contributed by atoms with Crippen LogP contribution in [0.3, 0.4) is 0 Å². The molecular formula is C8H14NP. The number of hydrogen-bond acceptors (Lipinski definition) is 1. The molecule has 1 nitrogen and oxygen atoms in total. The zero-order chi connectivity index (χ0) is 7.14. The lowest BCUT2D eigenvalue weighted by Crippen LogP contribution is -2.29. The quantitative estimate of drug-likeness (QED) is 0.382. The molecule has 2 aliphatic heterocycles. The summed E-state index contributed by atoms with van der Waals surface area (Å²) in [6.45, 7) is 2.25. The summed E-state index contributed by atoms with van der Waals surface area (Å²) >= 11 is 0. The van der Waals surface area contributed by atoms with E-state index in [0.717, 1.165) is 12.1 Å². The van der Waals surface area contributed by atoms with Crippen LogP contribution < -0.4 is 0 Å². The zero-order valence-electron chi connectivity index (χ0n) is 6.38. The minimum absolute atomic E-state index is 0.740. The van der Waals surface area contributed by atoms with Gasteiger partial charge < -0.3 is 0 Å². The second-order valence-electron chi connectivity index (χ2n) is 3.46. The van der Waals surface area contributed by atoms with Crippen LogP contribution in [-0.2, 0) is 0 Å². The van der Waals surface area contributed by atoms with Gasteiger partial charge in [-0.15, -0.1) is 0 Å². The lowest BCUT2D eigenvalue weighted by atomic mass is 10.1. The Kier molecular flexibility index (Phi) is 1.58. The predicted molar refractivity (Wildman–Crippen MR) is 46.7 cm³/mol. The molecule has 2 bridgehead atoms. The Morgan fingerprint density at radius 2 is 2.40 bits per heavy atom. The van der Waals surface area contributed by atoms with Crippen LogP contribution in [0.5, 0.6) is 0 Å². The summed E-state index contributed by atoms with van der Waals surface area (Å²) < 4.78 is 2.44. The van der Waals surface area contributed by atoms with E-state index >= 15 is 0 Å². The van der Waals surface area contributed by atoms with E-state index in [1.54, 1.807) is 5.57 Å². The lowest BCUT2D eigenvalue weighted by molar-refractivity contribution is 0.371. The smallest absolute Gasteiger partial charge is 0.0316 e. The van der Waals surface area contributed by atoms with E-state index in [0.29, 0.717) is 0 Å². The van der Waals surface area contributed by atoms with Gasteiger partial charge in [0.15, 0.2) is 0 Å². The maximum atomic E-state index is 2.85. The van der Waals surface area contributed by atoms with Crippen molar-refractivity contribution >= 4 is 9.39 Å². The van der Waals surface area contributed by atoms with Gasteiger partial charge in [0.05, 0.1) is 0 Å². The Labute approximate surface area is 64.7 Å². The molecule has 56 valence electrons. The fourth-order valence-corrected chi connectivity index (χ4v) is 2.57. The van der Waals surface area contributed by atoms with Crippen LogP contribution in [0.25, 0.3) is 0 Å². The van der Waals surface area contributed by atoms with Crippen molar-refractivity contribution in [3.63, 3.8) is 0 Å². The molecule has 0 amide bonds. The average Bonchev–Trinajstić information content (AvgIpc) is 2.20. The van der Waals surface area contributed by atoms with Crippen LogP contribution in [0.15, 0.2) is 11.6 Å². The minimum Gasteiger partial charge on any atom is -0.277 e. The second kappa shape index (κ2) is 2.32. The van der Waals surface area contributed by atoms with E-state index in [4.69, 9.17) is 0 Å². The zero-order valence-corrected chi connectivity index (χ0v) is 7.53. The van der Waals surface area contributed by atoms with Crippen LogP contribution in [0.4, 0.5) is 0 Å². The highest BCUT2D eigenvalue weighted by Crippen LogP contribution is 2.36. The van der Waals surface area contributed by atoms with E-state index in [1.807, 2.05) is 0 Å². The average molecular weight is 155 g/mol. The molecule has 0 aliphatic carbocycles. The van der Waals surface area contributed by atoms with Gasteiger partial charge in [0.2, 0.25) is 0 Å². The number of rotatable bonds is 0. The van der Waals surface area contributed by atoms with Crippen molar-refractivity contribution in [1.29, 1.82) is 0 Å². The summed E-state index contributed by atoms with van der Waals surface area (Å²) in [5, 5.41) is 0. The largest absolute Gasteiger partial charge is 0.277 e. The van der Waals surface area contributed by atoms with E-state index < -0.39 is 0 Å². The normalized spacial score (nSPS) is 40.0. The van der Waals surface area contributed by atoms with Crippen molar-refractivity contribution in [3.05, 3.63) is 11.6 Å². The monoisotopic (exact) mass is 155 g/mol. The molecule has 0 aromatic heterocycles. The first-order valence-corrected chi connectivity index (χ1v) is 4.49. The second-order valence-corrected chi connectivity index (χ2v) is 4.06. The van der Waals surface area contributed by atoms with Gasteiger partial charge in [0, 0.05) is 12.1 Å². The Morgan fingerprint density at radius 1 is 1.60 bits per heavy atom. The van der Waals surface area contributed by atoms with Gasteiger partial charge in [-0.1, -0.05) is 21.0 Å². The van der Waals surface area contributed by atoms with Crippen LogP contribution in [-0.4, -0.2) is 16.8 Å². The van der Waals surface area contributed by atoms with Crippen LogP contribution >= 0.6 is 9.39 Å². The molecule has 2 heterocycles. The first-order chi connectivity index (χ1) is 4.77. The van der Waals surface area contributed by atoms with Gasteiger partial charge >= 0.3 is 0 Å². The SMILES string of the molecule is CC1=CC2CCC(C1)N2P. The third-order valence-corrected chi connectivity index (χ3v) is 3.44. The molecule has 0 saturated carbocycles. The summed E-state index contributed by atoms with van der Waals surface area (Å²) in [4.78, 5) is 0. The Hall–Kier alpha value is 0.130. The molecule has 2 heteroatoms. The number of fused-ring (bicyclic) bond motifs is 2. The van der Waals surface area contributed by atoms with Crippen molar-refractivity contribution < 1.29 is 0 Å².